The molecule has 0 saturated heterocycles. The first-order valence-electron chi connectivity index (χ1n) is 6.70. The molecule has 0 bridgehead atoms. The first kappa shape index (κ1) is 14.2. The van der Waals surface area contributed by atoms with Crippen molar-refractivity contribution in [1.29, 1.82) is 0 Å². The lowest BCUT2D eigenvalue weighted by Gasteiger charge is -2.12. The molecule has 0 saturated carbocycles. The average Bonchev–Trinajstić information content (AvgIpc) is 2.46. The number of rotatable bonds is 7. The van der Waals surface area contributed by atoms with Gasteiger partial charge >= 0.3 is 0 Å². The van der Waals surface area contributed by atoms with Gasteiger partial charge in [0.25, 0.3) is 0 Å². The van der Waals surface area contributed by atoms with Gasteiger partial charge in [0.05, 0.1) is 13.2 Å². The zero-order chi connectivity index (χ0) is 13.5. The van der Waals surface area contributed by atoms with E-state index in [0.29, 0.717) is 6.61 Å². The minimum Gasteiger partial charge on any atom is -0.493 e. The molecule has 19 heavy (non-hydrogen) atoms. The van der Waals surface area contributed by atoms with E-state index in [1.165, 1.54) is 0 Å². The van der Waals surface area contributed by atoms with Gasteiger partial charge in [-0.2, -0.15) is 0 Å². The summed E-state index contributed by atoms with van der Waals surface area (Å²) in [6.45, 7) is 3.43. The van der Waals surface area contributed by atoms with Gasteiger partial charge in [-0.25, -0.2) is 0 Å². The van der Waals surface area contributed by atoms with E-state index in [9.17, 15) is 0 Å². The van der Waals surface area contributed by atoms with Crippen LogP contribution in [0, 0.1) is 0 Å². The number of hydrogen-bond donors (Lipinski definition) is 0. The smallest absolute Gasteiger partial charge is 0.127 e. The van der Waals surface area contributed by atoms with Crippen LogP contribution in [-0.2, 0) is 0 Å². The van der Waals surface area contributed by atoms with Crippen LogP contribution in [0.25, 0.3) is 10.8 Å². The second-order valence-electron chi connectivity index (χ2n) is 4.28. The lowest BCUT2D eigenvalue weighted by molar-refractivity contribution is 0.312. The number of ether oxygens (including phenoxy) is 2. The van der Waals surface area contributed by atoms with Gasteiger partial charge < -0.3 is 9.47 Å². The second kappa shape index (κ2) is 7.39. The third kappa shape index (κ3) is 3.63. The Hall–Kier alpha value is -1.22. The van der Waals surface area contributed by atoms with Crippen molar-refractivity contribution in [2.75, 3.05) is 18.5 Å². The van der Waals surface area contributed by atoms with Crippen LogP contribution in [0.4, 0.5) is 0 Å². The van der Waals surface area contributed by atoms with E-state index in [1.54, 1.807) is 0 Å². The standard InChI is InChI=1S/C16H19BrO2/c1-2-18-15-9-10-16(19-12-6-5-11-17)14-8-4-3-7-13(14)15/h3-4,7-10H,2,5-6,11-12H2,1H3. The third-order valence-corrected chi connectivity index (χ3v) is 3.49. The molecule has 102 valence electrons. The van der Waals surface area contributed by atoms with Crippen LogP contribution < -0.4 is 9.47 Å². The molecule has 0 aliphatic heterocycles. The summed E-state index contributed by atoms with van der Waals surface area (Å²) in [4.78, 5) is 0. The van der Waals surface area contributed by atoms with Gasteiger partial charge in [0.15, 0.2) is 0 Å². The van der Waals surface area contributed by atoms with Crippen molar-refractivity contribution in [3.63, 3.8) is 0 Å². The first-order valence-corrected chi connectivity index (χ1v) is 7.82. The van der Waals surface area contributed by atoms with Crippen molar-refractivity contribution in [1.82, 2.24) is 0 Å². The molecule has 0 fully saturated rings. The summed E-state index contributed by atoms with van der Waals surface area (Å²) in [6, 6.07) is 12.2. The summed E-state index contributed by atoms with van der Waals surface area (Å²) in [5.74, 6) is 1.86. The quantitative estimate of drug-likeness (QED) is 0.539. The highest BCUT2D eigenvalue weighted by molar-refractivity contribution is 9.09. The molecular weight excluding hydrogens is 304 g/mol. The van der Waals surface area contributed by atoms with E-state index < -0.39 is 0 Å². The Balaban J connectivity index is 2.22. The van der Waals surface area contributed by atoms with Gasteiger partial charge in [-0.15, -0.1) is 0 Å². The van der Waals surface area contributed by atoms with Crippen LogP contribution in [0.15, 0.2) is 36.4 Å². The van der Waals surface area contributed by atoms with Gasteiger partial charge in [0.1, 0.15) is 11.5 Å². The summed E-state index contributed by atoms with van der Waals surface area (Å²) >= 11 is 3.43. The average molecular weight is 323 g/mol. The third-order valence-electron chi connectivity index (χ3n) is 2.93. The monoisotopic (exact) mass is 322 g/mol. The summed E-state index contributed by atoms with van der Waals surface area (Å²) < 4.78 is 11.5. The molecule has 0 atom stereocenters. The first-order chi connectivity index (χ1) is 9.36. The normalized spacial score (nSPS) is 10.6. The van der Waals surface area contributed by atoms with E-state index in [0.717, 1.165) is 47.1 Å². The Morgan fingerprint density at radius 2 is 1.53 bits per heavy atom. The minimum atomic E-state index is 0.676. The number of benzene rings is 2. The van der Waals surface area contributed by atoms with Gasteiger partial charge in [0, 0.05) is 16.1 Å². The Morgan fingerprint density at radius 1 is 0.895 bits per heavy atom. The molecule has 2 nitrogen and oxygen atoms in total. The van der Waals surface area contributed by atoms with Crippen LogP contribution in [-0.4, -0.2) is 18.5 Å². The van der Waals surface area contributed by atoms with Gasteiger partial charge in [-0.3, -0.25) is 0 Å². The predicted octanol–water partition coefficient (Wildman–Crippen LogP) is 4.79. The molecule has 2 rings (SSSR count). The lowest BCUT2D eigenvalue weighted by Crippen LogP contribution is -1.99. The van der Waals surface area contributed by atoms with E-state index >= 15 is 0 Å². The van der Waals surface area contributed by atoms with Gasteiger partial charge in [0.2, 0.25) is 0 Å². The van der Waals surface area contributed by atoms with Crippen molar-refractivity contribution in [2.24, 2.45) is 0 Å². The molecule has 2 aromatic carbocycles. The summed E-state index contributed by atoms with van der Waals surface area (Å²) in [5.41, 5.74) is 0. The zero-order valence-electron chi connectivity index (χ0n) is 11.2. The fraction of sp³-hybridized carbons (Fsp3) is 0.375. The fourth-order valence-electron chi connectivity index (χ4n) is 2.03. The SMILES string of the molecule is CCOc1ccc(OCCCCBr)c2ccccc12. The van der Waals surface area contributed by atoms with E-state index in [4.69, 9.17) is 9.47 Å². The highest BCUT2D eigenvalue weighted by Crippen LogP contribution is 2.33. The molecule has 0 unspecified atom stereocenters. The Labute approximate surface area is 122 Å². The maximum atomic E-state index is 5.88. The summed E-state index contributed by atoms with van der Waals surface area (Å²) in [5, 5.41) is 3.26. The van der Waals surface area contributed by atoms with Crippen LogP contribution in [0.5, 0.6) is 11.5 Å². The molecular formula is C16H19BrO2. The van der Waals surface area contributed by atoms with Crippen molar-refractivity contribution in [3.05, 3.63) is 36.4 Å². The molecule has 0 aromatic heterocycles. The number of halogens is 1. The highest BCUT2D eigenvalue weighted by Gasteiger charge is 2.07. The highest BCUT2D eigenvalue weighted by atomic mass is 79.9. The lowest BCUT2D eigenvalue weighted by atomic mass is 10.1. The van der Waals surface area contributed by atoms with Crippen molar-refractivity contribution in [2.45, 2.75) is 19.8 Å². The Bertz CT molecular complexity index is 525. The molecule has 0 heterocycles. The number of unbranched alkanes of at least 4 members (excludes halogenated alkanes) is 1. The number of hydrogen-bond acceptors (Lipinski definition) is 2. The van der Waals surface area contributed by atoms with Gasteiger partial charge in [-0.1, -0.05) is 40.2 Å². The van der Waals surface area contributed by atoms with E-state index in [2.05, 4.69) is 28.1 Å². The summed E-state index contributed by atoms with van der Waals surface area (Å²) in [6.07, 6.45) is 2.20. The largest absolute Gasteiger partial charge is 0.493 e. The molecule has 0 radical (unpaired) electrons. The maximum Gasteiger partial charge on any atom is 0.127 e. The predicted molar refractivity (Wildman–Crippen MR) is 83.6 cm³/mol. The van der Waals surface area contributed by atoms with Crippen molar-refractivity contribution in [3.8, 4) is 11.5 Å². The maximum absolute atomic E-state index is 5.88. The topological polar surface area (TPSA) is 18.5 Å². The second-order valence-corrected chi connectivity index (χ2v) is 5.08. The molecule has 0 spiro atoms. The molecule has 0 aliphatic rings. The van der Waals surface area contributed by atoms with Crippen LogP contribution in [0.3, 0.4) is 0 Å². The molecule has 0 N–H and O–H groups in total. The van der Waals surface area contributed by atoms with Crippen molar-refractivity contribution >= 4 is 26.7 Å². The minimum absolute atomic E-state index is 0.676. The number of fused-ring (bicyclic) bond motifs is 1. The molecule has 3 heteroatoms. The van der Waals surface area contributed by atoms with Crippen LogP contribution in [0.1, 0.15) is 19.8 Å². The van der Waals surface area contributed by atoms with Crippen molar-refractivity contribution < 1.29 is 9.47 Å². The van der Waals surface area contributed by atoms with E-state index in [-0.39, 0.29) is 0 Å². The molecule has 0 amide bonds. The number of alkyl halides is 1. The van der Waals surface area contributed by atoms with Crippen LogP contribution in [0.2, 0.25) is 0 Å². The summed E-state index contributed by atoms with van der Waals surface area (Å²) in [7, 11) is 0. The van der Waals surface area contributed by atoms with Crippen LogP contribution >= 0.6 is 15.9 Å². The Kier molecular flexibility index (Phi) is 5.52. The van der Waals surface area contributed by atoms with E-state index in [1.807, 2.05) is 31.2 Å². The van der Waals surface area contributed by atoms with Gasteiger partial charge in [-0.05, 0) is 31.9 Å². The molecule has 0 aliphatic carbocycles. The molecule has 2 aromatic rings. The zero-order valence-corrected chi connectivity index (χ0v) is 12.8. The fourth-order valence-corrected chi connectivity index (χ4v) is 2.43. The Morgan fingerprint density at radius 3 is 2.11 bits per heavy atom.